The fraction of sp³-hybridized carbons (Fsp3) is 0.375. The van der Waals surface area contributed by atoms with Gasteiger partial charge in [-0.15, -0.1) is 0 Å². The zero-order valence-electron chi connectivity index (χ0n) is 13.9. The third kappa shape index (κ3) is 4.30. The highest BCUT2D eigenvalue weighted by Gasteiger charge is 2.38. The van der Waals surface area contributed by atoms with Crippen molar-refractivity contribution >= 4 is 11.6 Å². The van der Waals surface area contributed by atoms with E-state index in [1.807, 2.05) is 4.90 Å². The molecule has 0 bridgehead atoms. The van der Waals surface area contributed by atoms with Crippen LogP contribution in [-0.2, 0) is 16.2 Å². The van der Waals surface area contributed by atoms with Gasteiger partial charge in [0.2, 0.25) is 0 Å². The van der Waals surface area contributed by atoms with Crippen molar-refractivity contribution < 1.29 is 31.6 Å². The number of aromatic nitrogens is 1. The standard InChI is InChI=1S/C16H15F4N3O4/c17-12-7-10(1-2-13(12)22-3-5-26-6-4-22)11-8-23(27-14(11)24)9-21-15(25)16(18,19)20/h1-2,7-8H,3-6,9H2,(H,21,25). The topological polar surface area (TPSA) is 76.7 Å². The number of morpholine rings is 1. The summed E-state index contributed by atoms with van der Waals surface area (Å²) in [6, 6.07) is 4.17. The number of nitrogens with one attached hydrogen (secondary N) is 1. The lowest BCUT2D eigenvalue weighted by Gasteiger charge is -2.29. The van der Waals surface area contributed by atoms with Gasteiger partial charge in [0.05, 0.1) is 30.7 Å². The molecule has 0 radical (unpaired) electrons. The number of hydrogen-bond acceptors (Lipinski definition) is 5. The van der Waals surface area contributed by atoms with Crippen LogP contribution in [0.1, 0.15) is 0 Å². The number of ether oxygens (including phenoxy) is 1. The molecule has 1 fully saturated rings. The first kappa shape index (κ1) is 19.0. The molecule has 2 heterocycles. The molecule has 11 heteroatoms. The minimum absolute atomic E-state index is 0.0383. The van der Waals surface area contributed by atoms with Crippen molar-refractivity contribution in [3.05, 3.63) is 40.6 Å². The van der Waals surface area contributed by atoms with Crippen LogP contribution in [0.25, 0.3) is 11.1 Å². The summed E-state index contributed by atoms with van der Waals surface area (Å²) in [6.07, 6.45) is -3.95. The van der Waals surface area contributed by atoms with Crippen LogP contribution in [0.15, 0.2) is 33.7 Å². The summed E-state index contributed by atoms with van der Waals surface area (Å²) in [7, 11) is 0. The maximum Gasteiger partial charge on any atom is 0.471 e. The highest BCUT2D eigenvalue weighted by molar-refractivity contribution is 5.81. The second-order valence-corrected chi connectivity index (χ2v) is 5.77. The Labute approximate surface area is 150 Å². The van der Waals surface area contributed by atoms with Gasteiger partial charge in [-0.25, -0.2) is 9.18 Å². The number of carbonyl (C=O) groups is 1. The summed E-state index contributed by atoms with van der Waals surface area (Å²) in [5, 5.41) is 1.57. The fourth-order valence-corrected chi connectivity index (χ4v) is 2.63. The van der Waals surface area contributed by atoms with Crippen LogP contribution in [-0.4, -0.2) is 43.1 Å². The van der Waals surface area contributed by atoms with E-state index in [1.54, 1.807) is 5.32 Å². The summed E-state index contributed by atoms with van der Waals surface area (Å²) in [5.74, 6) is -2.71. The lowest BCUT2D eigenvalue weighted by Crippen LogP contribution is -2.37. The first-order valence-electron chi connectivity index (χ1n) is 7.94. The molecule has 1 aliphatic heterocycles. The third-order valence-corrected chi connectivity index (χ3v) is 3.96. The van der Waals surface area contributed by atoms with Crippen LogP contribution in [0.3, 0.4) is 0 Å². The van der Waals surface area contributed by atoms with Gasteiger partial charge in [-0.2, -0.15) is 17.9 Å². The average Bonchev–Trinajstić information content (AvgIpc) is 3.00. The first-order valence-corrected chi connectivity index (χ1v) is 7.94. The van der Waals surface area contributed by atoms with Crippen molar-refractivity contribution in [3.63, 3.8) is 0 Å². The minimum atomic E-state index is -5.05. The Kier molecular flexibility index (Phi) is 5.22. The Hall–Kier alpha value is -2.82. The maximum absolute atomic E-state index is 14.4. The molecule has 1 aromatic carbocycles. The van der Waals surface area contributed by atoms with Gasteiger partial charge in [0.15, 0.2) is 0 Å². The molecule has 7 nitrogen and oxygen atoms in total. The van der Waals surface area contributed by atoms with Gasteiger partial charge < -0.3 is 19.5 Å². The van der Waals surface area contributed by atoms with Crippen LogP contribution in [0.5, 0.6) is 0 Å². The van der Waals surface area contributed by atoms with Gasteiger partial charge >= 0.3 is 17.7 Å². The van der Waals surface area contributed by atoms with E-state index in [0.29, 0.717) is 32.0 Å². The Balaban J connectivity index is 1.76. The van der Waals surface area contributed by atoms with Gasteiger partial charge in [0.1, 0.15) is 12.5 Å². The van der Waals surface area contributed by atoms with E-state index in [2.05, 4.69) is 0 Å². The normalized spacial score (nSPS) is 15.0. The lowest BCUT2D eigenvalue weighted by atomic mass is 10.1. The molecule has 3 rings (SSSR count). The molecule has 0 aliphatic carbocycles. The van der Waals surface area contributed by atoms with Crippen molar-refractivity contribution in [1.82, 2.24) is 10.1 Å². The monoisotopic (exact) mass is 389 g/mol. The summed E-state index contributed by atoms with van der Waals surface area (Å²) in [6.45, 7) is 1.35. The van der Waals surface area contributed by atoms with E-state index < -0.39 is 30.2 Å². The predicted octanol–water partition coefficient (Wildman–Crippen LogP) is 1.72. The molecule has 146 valence electrons. The fourth-order valence-electron chi connectivity index (χ4n) is 2.63. The van der Waals surface area contributed by atoms with Gasteiger partial charge in [0.25, 0.3) is 0 Å². The number of alkyl halides is 3. The van der Waals surface area contributed by atoms with Crippen LogP contribution < -0.4 is 15.8 Å². The number of anilines is 1. The minimum Gasteiger partial charge on any atom is -0.378 e. The smallest absolute Gasteiger partial charge is 0.378 e. The van der Waals surface area contributed by atoms with Crippen LogP contribution in [0.4, 0.5) is 23.2 Å². The SMILES string of the molecule is O=C(NCn1cc(-c2ccc(N3CCOCC3)c(F)c2)c(=O)o1)C(F)(F)F. The van der Waals surface area contributed by atoms with E-state index in [-0.39, 0.29) is 11.1 Å². The molecule has 27 heavy (non-hydrogen) atoms. The Morgan fingerprint density at radius 2 is 1.93 bits per heavy atom. The van der Waals surface area contributed by atoms with Gasteiger partial charge in [-0.3, -0.25) is 4.79 Å². The molecule has 0 spiro atoms. The van der Waals surface area contributed by atoms with E-state index >= 15 is 0 Å². The molecule has 2 aromatic rings. The van der Waals surface area contributed by atoms with Crippen molar-refractivity contribution in [2.45, 2.75) is 12.8 Å². The number of amides is 1. The van der Waals surface area contributed by atoms with Crippen molar-refractivity contribution in [2.75, 3.05) is 31.2 Å². The predicted molar refractivity (Wildman–Crippen MR) is 85.6 cm³/mol. The average molecular weight is 389 g/mol. The second-order valence-electron chi connectivity index (χ2n) is 5.77. The Morgan fingerprint density at radius 3 is 2.56 bits per heavy atom. The van der Waals surface area contributed by atoms with Crippen molar-refractivity contribution in [2.24, 2.45) is 0 Å². The van der Waals surface area contributed by atoms with E-state index in [1.165, 1.54) is 12.1 Å². The number of hydrogen-bond donors (Lipinski definition) is 1. The van der Waals surface area contributed by atoms with Crippen LogP contribution >= 0.6 is 0 Å². The molecular formula is C16H15F4N3O4. The van der Waals surface area contributed by atoms with E-state index in [0.717, 1.165) is 17.0 Å². The lowest BCUT2D eigenvalue weighted by molar-refractivity contribution is -0.174. The Morgan fingerprint density at radius 1 is 1.22 bits per heavy atom. The van der Waals surface area contributed by atoms with Crippen molar-refractivity contribution in [3.8, 4) is 11.1 Å². The zero-order valence-corrected chi connectivity index (χ0v) is 13.9. The summed E-state index contributed by atoms with van der Waals surface area (Å²) < 4.78 is 61.6. The molecule has 1 amide bonds. The largest absolute Gasteiger partial charge is 0.471 e. The summed E-state index contributed by atoms with van der Waals surface area (Å²) >= 11 is 0. The highest BCUT2D eigenvalue weighted by Crippen LogP contribution is 2.26. The van der Waals surface area contributed by atoms with Gasteiger partial charge in [-0.1, -0.05) is 6.07 Å². The number of carbonyl (C=O) groups excluding carboxylic acids is 1. The number of rotatable bonds is 4. The van der Waals surface area contributed by atoms with E-state index in [9.17, 15) is 27.2 Å². The molecule has 1 N–H and O–H groups in total. The summed E-state index contributed by atoms with van der Waals surface area (Å²) in [4.78, 5) is 24.5. The maximum atomic E-state index is 14.4. The second kappa shape index (κ2) is 7.43. The van der Waals surface area contributed by atoms with Crippen molar-refractivity contribution in [1.29, 1.82) is 0 Å². The van der Waals surface area contributed by atoms with Crippen LogP contribution in [0.2, 0.25) is 0 Å². The zero-order chi connectivity index (χ0) is 19.6. The van der Waals surface area contributed by atoms with Crippen LogP contribution in [0, 0.1) is 5.82 Å². The molecule has 0 unspecified atom stereocenters. The van der Waals surface area contributed by atoms with Gasteiger partial charge in [-0.05, 0) is 17.7 Å². The molecule has 1 aliphatic rings. The molecule has 1 aromatic heterocycles. The van der Waals surface area contributed by atoms with Gasteiger partial charge in [0, 0.05) is 13.1 Å². The molecule has 0 atom stereocenters. The number of nitrogens with zero attached hydrogens (tertiary/aromatic N) is 2. The first-order chi connectivity index (χ1) is 12.8. The molecular weight excluding hydrogens is 374 g/mol. The number of benzene rings is 1. The quantitative estimate of drug-likeness (QED) is 0.806. The van der Waals surface area contributed by atoms with E-state index in [4.69, 9.17) is 9.26 Å². The highest BCUT2D eigenvalue weighted by atomic mass is 19.4. The Bertz CT molecular complexity index is 885. The molecule has 0 saturated carbocycles. The number of halogens is 4. The third-order valence-electron chi connectivity index (χ3n) is 3.96. The summed E-state index contributed by atoms with van der Waals surface area (Å²) in [5.41, 5.74) is -0.332. The molecule has 1 saturated heterocycles.